The van der Waals surface area contributed by atoms with Crippen molar-refractivity contribution in [3.05, 3.63) is 48.0 Å². The van der Waals surface area contributed by atoms with E-state index in [2.05, 4.69) is 5.32 Å². The summed E-state index contributed by atoms with van der Waals surface area (Å²) in [7, 11) is -3.03. The maximum absolute atomic E-state index is 13.1. The smallest absolute Gasteiger partial charge is 0.243 e. The predicted molar refractivity (Wildman–Crippen MR) is 125 cm³/mol. The molecule has 0 bridgehead atoms. The fourth-order valence-electron chi connectivity index (χ4n) is 3.61. The lowest BCUT2D eigenvalue weighted by molar-refractivity contribution is -0.120. The fraction of sp³-hybridized carbons (Fsp3) is 0.409. The van der Waals surface area contributed by atoms with Crippen LogP contribution < -0.4 is 10.1 Å². The van der Waals surface area contributed by atoms with Gasteiger partial charge in [-0.25, -0.2) is 21.1 Å². The van der Waals surface area contributed by atoms with Gasteiger partial charge in [-0.1, -0.05) is 6.07 Å². The van der Waals surface area contributed by atoms with Crippen LogP contribution in [0.5, 0.6) is 5.75 Å². The molecule has 1 atom stereocenters. The summed E-state index contributed by atoms with van der Waals surface area (Å²) in [6, 6.07) is 10.7. The third-order valence-electron chi connectivity index (χ3n) is 5.70. The zero-order valence-electron chi connectivity index (χ0n) is 19.1. The van der Waals surface area contributed by atoms with Crippen molar-refractivity contribution in [2.45, 2.75) is 29.6 Å². The number of rotatable bonds is 7. The standard InChI is InChI=1S/C22H29N3O6S2/c1-16-7-10-20(32(27,28)24(2)3)14-21(16)23-22(26)17-6-5-13-25(15-17)33(29,30)19-11-8-18(31-4)9-12-19/h7-12,14,17H,5-6,13,15H2,1-4H3,(H,23,26)/t17-/m0/s1. The third kappa shape index (κ3) is 5.37. The summed E-state index contributed by atoms with van der Waals surface area (Å²) in [5.41, 5.74) is 1.10. The van der Waals surface area contributed by atoms with Gasteiger partial charge in [0.05, 0.1) is 22.8 Å². The molecule has 1 N–H and O–H groups in total. The van der Waals surface area contributed by atoms with E-state index in [0.717, 1.165) is 4.31 Å². The molecule has 1 amide bonds. The molecule has 2 aromatic rings. The van der Waals surface area contributed by atoms with E-state index in [1.165, 1.54) is 49.8 Å². The Kier molecular flexibility index (Phi) is 7.47. The summed E-state index contributed by atoms with van der Waals surface area (Å²) in [6.07, 6.45) is 1.08. The Labute approximate surface area is 195 Å². The van der Waals surface area contributed by atoms with Crippen LogP contribution in [0.2, 0.25) is 0 Å². The van der Waals surface area contributed by atoms with Crippen LogP contribution in [0.1, 0.15) is 18.4 Å². The van der Waals surface area contributed by atoms with Crippen molar-refractivity contribution in [3.63, 3.8) is 0 Å². The zero-order valence-corrected chi connectivity index (χ0v) is 20.7. The lowest BCUT2D eigenvalue weighted by Crippen LogP contribution is -2.43. The van der Waals surface area contributed by atoms with Crippen LogP contribution in [0.3, 0.4) is 0 Å². The van der Waals surface area contributed by atoms with Crippen LogP contribution in [0.15, 0.2) is 52.3 Å². The summed E-state index contributed by atoms with van der Waals surface area (Å²) in [5.74, 6) is -0.342. The topological polar surface area (TPSA) is 113 Å². The Morgan fingerprint density at radius 1 is 1.06 bits per heavy atom. The van der Waals surface area contributed by atoms with Gasteiger partial charge in [0, 0.05) is 32.9 Å². The number of sulfonamides is 2. The number of hydrogen-bond donors (Lipinski definition) is 1. The molecule has 0 radical (unpaired) electrons. The lowest BCUT2D eigenvalue weighted by Gasteiger charge is -2.31. The maximum atomic E-state index is 13.1. The van der Waals surface area contributed by atoms with Gasteiger partial charge >= 0.3 is 0 Å². The highest BCUT2D eigenvalue weighted by atomic mass is 32.2. The largest absolute Gasteiger partial charge is 0.497 e. The fourth-order valence-corrected chi connectivity index (χ4v) is 6.07. The SMILES string of the molecule is COc1ccc(S(=O)(=O)N2CCC[C@H](C(=O)Nc3cc(S(=O)(=O)N(C)C)ccc3C)C2)cc1. The van der Waals surface area contributed by atoms with Crippen molar-refractivity contribution < 1.29 is 26.4 Å². The van der Waals surface area contributed by atoms with E-state index >= 15 is 0 Å². The molecule has 3 rings (SSSR count). The molecule has 2 aromatic carbocycles. The molecule has 1 saturated heterocycles. The van der Waals surface area contributed by atoms with Crippen molar-refractivity contribution in [1.29, 1.82) is 0 Å². The predicted octanol–water partition coefficient (Wildman–Crippen LogP) is 2.29. The highest BCUT2D eigenvalue weighted by Gasteiger charge is 2.33. The molecule has 9 nitrogen and oxygen atoms in total. The van der Waals surface area contributed by atoms with Crippen LogP contribution >= 0.6 is 0 Å². The monoisotopic (exact) mass is 495 g/mol. The second-order valence-electron chi connectivity index (χ2n) is 8.13. The molecule has 0 aliphatic carbocycles. The van der Waals surface area contributed by atoms with Gasteiger partial charge in [0.15, 0.2) is 0 Å². The summed E-state index contributed by atoms with van der Waals surface area (Å²) >= 11 is 0. The number of benzene rings is 2. The molecule has 1 aliphatic heterocycles. The second-order valence-corrected chi connectivity index (χ2v) is 12.2. The molecule has 33 heavy (non-hydrogen) atoms. The van der Waals surface area contributed by atoms with Crippen molar-refractivity contribution in [2.24, 2.45) is 5.92 Å². The highest BCUT2D eigenvalue weighted by Crippen LogP contribution is 2.27. The molecule has 0 saturated carbocycles. The van der Waals surface area contributed by atoms with E-state index in [4.69, 9.17) is 4.74 Å². The van der Waals surface area contributed by atoms with Gasteiger partial charge < -0.3 is 10.1 Å². The van der Waals surface area contributed by atoms with Crippen LogP contribution in [0.4, 0.5) is 5.69 Å². The average molecular weight is 496 g/mol. The Hall–Kier alpha value is -2.47. The number of carbonyl (C=O) groups is 1. The lowest BCUT2D eigenvalue weighted by atomic mass is 9.98. The molecule has 1 aliphatic rings. The van der Waals surface area contributed by atoms with Gasteiger partial charge in [-0.3, -0.25) is 4.79 Å². The summed E-state index contributed by atoms with van der Waals surface area (Å²) in [4.78, 5) is 13.2. The molecule has 180 valence electrons. The zero-order chi connectivity index (χ0) is 24.4. The van der Waals surface area contributed by atoms with Crippen molar-refractivity contribution in [2.75, 3.05) is 39.6 Å². The van der Waals surface area contributed by atoms with Gasteiger partial charge in [0.25, 0.3) is 0 Å². The van der Waals surface area contributed by atoms with Crippen LogP contribution in [0.25, 0.3) is 0 Å². The summed E-state index contributed by atoms with van der Waals surface area (Å²) < 4.78 is 58.5. The van der Waals surface area contributed by atoms with E-state index in [9.17, 15) is 21.6 Å². The molecular weight excluding hydrogens is 466 g/mol. The number of hydrogen-bond acceptors (Lipinski definition) is 6. The first-order valence-corrected chi connectivity index (χ1v) is 13.3. The minimum absolute atomic E-state index is 0.0505. The number of carbonyl (C=O) groups excluding carboxylic acids is 1. The Balaban J connectivity index is 1.77. The number of nitrogens with one attached hydrogen (secondary N) is 1. The van der Waals surface area contributed by atoms with E-state index in [1.807, 2.05) is 0 Å². The summed E-state index contributed by atoms with van der Waals surface area (Å²) in [5, 5.41) is 2.80. The molecule has 1 heterocycles. The average Bonchev–Trinajstić information content (AvgIpc) is 2.80. The van der Waals surface area contributed by atoms with E-state index in [1.54, 1.807) is 25.1 Å². The maximum Gasteiger partial charge on any atom is 0.243 e. The minimum atomic E-state index is -3.76. The molecule has 1 fully saturated rings. The first-order chi connectivity index (χ1) is 15.5. The molecular formula is C22H29N3O6S2. The third-order valence-corrected chi connectivity index (χ3v) is 9.39. The number of piperidine rings is 1. The minimum Gasteiger partial charge on any atom is -0.497 e. The van der Waals surface area contributed by atoms with Crippen LogP contribution in [-0.4, -0.2) is 65.6 Å². The van der Waals surface area contributed by atoms with Crippen molar-refractivity contribution >= 4 is 31.6 Å². The van der Waals surface area contributed by atoms with E-state index in [-0.39, 0.29) is 22.2 Å². The Morgan fingerprint density at radius 3 is 2.30 bits per heavy atom. The number of amides is 1. The number of anilines is 1. The quantitative estimate of drug-likeness (QED) is 0.631. The Bertz CT molecular complexity index is 1230. The van der Waals surface area contributed by atoms with Gasteiger partial charge in [-0.05, 0) is 61.7 Å². The first-order valence-electron chi connectivity index (χ1n) is 10.4. The Morgan fingerprint density at radius 2 is 1.70 bits per heavy atom. The summed E-state index contributed by atoms with van der Waals surface area (Å²) in [6.45, 7) is 2.14. The van der Waals surface area contributed by atoms with Crippen LogP contribution in [0, 0.1) is 12.8 Å². The van der Waals surface area contributed by atoms with Gasteiger partial charge in [-0.2, -0.15) is 4.31 Å². The van der Waals surface area contributed by atoms with Crippen molar-refractivity contribution in [1.82, 2.24) is 8.61 Å². The molecule has 11 heteroatoms. The first kappa shape index (κ1) is 25.2. The normalized spacial score (nSPS) is 17.7. The van der Waals surface area contributed by atoms with Gasteiger partial charge in [-0.15, -0.1) is 0 Å². The highest BCUT2D eigenvalue weighted by molar-refractivity contribution is 7.89. The second kappa shape index (κ2) is 9.80. The van der Waals surface area contributed by atoms with E-state index < -0.39 is 26.0 Å². The molecule has 0 aromatic heterocycles. The number of methoxy groups -OCH3 is 1. The number of aryl methyl sites for hydroxylation is 1. The van der Waals surface area contributed by atoms with Crippen LogP contribution in [-0.2, 0) is 24.8 Å². The van der Waals surface area contributed by atoms with E-state index in [0.29, 0.717) is 36.4 Å². The number of ether oxygens (including phenoxy) is 1. The van der Waals surface area contributed by atoms with Crippen molar-refractivity contribution in [3.8, 4) is 5.75 Å². The van der Waals surface area contributed by atoms with Gasteiger partial charge in [0.2, 0.25) is 26.0 Å². The molecule has 0 spiro atoms. The molecule has 0 unspecified atom stereocenters. The number of nitrogens with zero attached hydrogens (tertiary/aromatic N) is 2. The van der Waals surface area contributed by atoms with Gasteiger partial charge in [0.1, 0.15) is 5.75 Å².